The fourth-order valence-corrected chi connectivity index (χ4v) is 4.90. The van der Waals surface area contributed by atoms with E-state index in [9.17, 15) is 4.79 Å². The smallest absolute Gasteiger partial charge is 0.231 e. The molecule has 142 valence electrons. The van der Waals surface area contributed by atoms with Crippen molar-refractivity contribution < 1.29 is 14.3 Å². The number of carbonyl (C=O) groups excluding carboxylic acids is 1. The lowest BCUT2D eigenvalue weighted by Crippen LogP contribution is -2.43. The van der Waals surface area contributed by atoms with Gasteiger partial charge in [-0.3, -0.25) is 4.79 Å². The molecule has 1 saturated heterocycles. The van der Waals surface area contributed by atoms with Crippen molar-refractivity contribution in [3.63, 3.8) is 0 Å². The van der Waals surface area contributed by atoms with Gasteiger partial charge in [0, 0.05) is 30.3 Å². The van der Waals surface area contributed by atoms with E-state index in [1.165, 1.54) is 5.69 Å². The van der Waals surface area contributed by atoms with Crippen LogP contribution in [0.15, 0.2) is 30.5 Å². The van der Waals surface area contributed by atoms with Crippen molar-refractivity contribution >= 4 is 11.6 Å². The van der Waals surface area contributed by atoms with Crippen molar-refractivity contribution in [2.24, 2.45) is 0 Å². The molecule has 2 atom stereocenters. The molecule has 0 radical (unpaired) electrons. The van der Waals surface area contributed by atoms with E-state index in [1.807, 2.05) is 41.9 Å². The predicted octanol–water partition coefficient (Wildman–Crippen LogP) is 2.60. The van der Waals surface area contributed by atoms with Gasteiger partial charge in [-0.25, -0.2) is 9.50 Å². The minimum atomic E-state index is 0.0941. The first-order valence-corrected chi connectivity index (χ1v) is 9.71. The van der Waals surface area contributed by atoms with E-state index >= 15 is 0 Å². The lowest BCUT2D eigenvalue weighted by molar-refractivity contribution is -0.134. The van der Waals surface area contributed by atoms with Gasteiger partial charge in [0.1, 0.15) is 0 Å². The van der Waals surface area contributed by atoms with E-state index in [0.717, 1.165) is 53.2 Å². The third kappa shape index (κ3) is 2.25. The van der Waals surface area contributed by atoms with Gasteiger partial charge in [-0.1, -0.05) is 6.07 Å². The minimum absolute atomic E-state index is 0.0941. The molecule has 7 nitrogen and oxygen atoms in total. The lowest BCUT2D eigenvalue weighted by atomic mass is 9.98. The van der Waals surface area contributed by atoms with Crippen molar-refractivity contribution in [2.75, 3.05) is 6.79 Å². The zero-order valence-corrected chi connectivity index (χ0v) is 15.6. The molecule has 0 aliphatic carbocycles. The molecule has 6 rings (SSSR count). The van der Waals surface area contributed by atoms with Crippen LogP contribution in [-0.2, 0) is 17.6 Å². The van der Waals surface area contributed by atoms with Crippen LogP contribution in [0.1, 0.15) is 41.4 Å². The molecule has 0 spiro atoms. The summed E-state index contributed by atoms with van der Waals surface area (Å²) in [5, 5.41) is 4.62. The number of ether oxygens (including phenoxy) is 2. The predicted molar refractivity (Wildman–Crippen MR) is 100 cm³/mol. The van der Waals surface area contributed by atoms with Gasteiger partial charge in [0.05, 0.1) is 23.9 Å². The molecule has 1 aromatic carbocycles. The zero-order chi connectivity index (χ0) is 18.8. The maximum Gasteiger partial charge on any atom is 0.231 e. The van der Waals surface area contributed by atoms with Gasteiger partial charge in [-0.05, 0) is 37.5 Å². The molecule has 0 saturated carbocycles. The fourth-order valence-electron chi connectivity index (χ4n) is 4.90. The SMILES string of the molecule is Cc1cc2ncc3c(n2n1)C[C@H]1CC[C@@H]3N1C(=O)Cc1ccc2c(c1)OCO2. The van der Waals surface area contributed by atoms with Crippen molar-refractivity contribution in [3.8, 4) is 11.5 Å². The van der Waals surface area contributed by atoms with Gasteiger partial charge < -0.3 is 14.4 Å². The van der Waals surface area contributed by atoms with Gasteiger partial charge in [-0.2, -0.15) is 5.10 Å². The number of rotatable bonds is 2. The summed E-state index contributed by atoms with van der Waals surface area (Å²) < 4.78 is 12.8. The molecule has 0 N–H and O–H groups in total. The Morgan fingerprint density at radius 1 is 1.21 bits per heavy atom. The molecule has 7 heteroatoms. The van der Waals surface area contributed by atoms with Crippen LogP contribution in [0.4, 0.5) is 0 Å². The lowest BCUT2D eigenvalue weighted by Gasteiger charge is -2.36. The number of amides is 1. The molecule has 3 aliphatic rings. The molecule has 5 heterocycles. The van der Waals surface area contributed by atoms with Crippen LogP contribution >= 0.6 is 0 Å². The largest absolute Gasteiger partial charge is 0.454 e. The van der Waals surface area contributed by atoms with Crippen LogP contribution in [0.2, 0.25) is 0 Å². The van der Waals surface area contributed by atoms with Crippen LogP contribution in [0.25, 0.3) is 5.65 Å². The van der Waals surface area contributed by atoms with Gasteiger partial charge >= 0.3 is 0 Å². The van der Waals surface area contributed by atoms with Crippen molar-refractivity contribution in [3.05, 3.63) is 53.0 Å². The van der Waals surface area contributed by atoms with Gasteiger partial charge in [0.25, 0.3) is 0 Å². The third-order valence-corrected chi connectivity index (χ3v) is 6.11. The maximum absolute atomic E-state index is 13.2. The highest BCUT2D eigenvalue weighted by Crippen LogP contribution is 2.44. The highest BCUT2D eigenvalue weighted by molar-refractivity contribution is 5.80. The number of benzene rings is 1. The molecule has 28 heavy (non-hydrogen) atoms. The van der Waals surface area contributed by atoms with E-state index < -0.39 is 0 Å². The third-order valence-electron chi connectivity index (χ3n) is 6.11. The Bertz CT molecular complexity index is 1120. The van der Waals surface area contributed by atoms with E-state index in [-0.39, 0.29) is 24.8 Å². The summed E-state index contributed by atoms with van der Waals surface area (Å²) >= 11 is 0. The fraction of sp³-hybridized carbons (Fsp3) is 0.381. The number of fused-ring (bicyclic) bond motifs is 7. The number of nitrogens with zero attached hydrogens (tertiary/aromatic N) is 4. The maximum atomic E-state index is 13.2. The van der Waals surface area contributed by atoms with Crippen molar-refractivity contribution in [1.29, 1.82) is 0 Å². The Morgan fingerprint density at radius 2 is 2.11 bits per heavy atom. The number of hydrogen-bond acceptors (Lipinski definition) is 5. The first-order chi connectivity index (χ1) is 13.7. The summed E-state index contributed by atoms with van der Waals surface area (Å²) in [7, 11) is 0. The Balaban J connectivity index is 1.32. The molecule has 3 aromatic rings. The summed E-state index contributed by atoms with van der Waals surface area (Å²) in [4.78, 5) is 19.9. The van der Waals surface area contributed by atoms with Crippen LogP contribution in [0.5, 0.6) is 11.5 Å². The number of carbonyl (C=O) groups is 1. The highest BCUT2D eigenvalue weighted by atomic mass is 16.7. The van der Waals surface area contributed by atoms with Gasteiger partial charge in [0.15, 0.2) is 17.1 Å². The van der Waals surface area contributed by atoms with Gasteiger partial charge in [0.2, 0.25) is 12.7 Å². The molecular formula is C21H20N4O3. The Labute approximate surface area is 161 Å². The molecule has 2 bridgehead atoms. The number of hydrogen-bond donors (Lipinski definition) is 0. The van der Waals surface area contributed by atoms with E-state index in [1.54, 1.807) is 0 Å². The topological polar surface area (TPSA) is 69.0 Å². The average molecular weight is 376 g/mol. The Morgan fingerprint density at radius 3 is 3.04 bits per heavy atom. The first-order valence-electron chi connectivity index (χ1n) is 9.71. The molecule has 1 amide bonds. The summed E-state index contributed by atoms with van der Waals surface area (Å²) in [6.45, 7) is 2.23. The van der Waals surface area contributed by atoms with Crippen LogP contribution in [-0.4, -0.2) is 38.2 Å². The second-order valence-electron chi connectivity index (χ2n) is 7.83. The summed E-state index contributed by atoms with van der Waals surface area (Å²) in [6, 6.07) is 8.07. The van der Waals surface area contributed by atoms with Gasteiger partial charge in [-0.15, -0.1) is 0 Å². The molecule has 3 aliphatic heterocycles. The number of aryl methyl sites for hydroxylation is 1. The minimum Gasteiger partial charge on any atom is -0.454 e. The first kappa shape index (κ1) is 15.9. The Kier molecular flexibility index (Phi) is 3.24. The average Bonchev–Trinajstić information content (AvgIpc) is 3.37. The summed E-state index contributed by atoms with van der Waals surface area (Å²) in [5.74, 6) is 1.62. The molecule has 1 fully saturated rings. The monoisotopic (exact) mass is 376 g/mol. The van der Waals surface area contributed by atoms with Crippen molar-refractivity contribution in [1.82, 2.24) is 19.5 Å². The van der Waals surface area contributed by atoms with E-state index in [4.69, 9.17) is 9.47 Å². The standard InChI is InChI=1S/C21H20N4O3/c1-12-6-20-22-10-15-16-4-3-14(9-17(15)25(20)23-12)24(16)21(26)8-13-2-5-18-19(7-13)28-11-27-18/h2,5-7,10,14,16H,3-4,8-9,11H2,1H3/t14-,16+/m1/s1. The van der Waals surface area contributed by atoms with Crippen LogP contribution in [0.3, 0.4) is 0 Å². The summed E-state index contributed by atoms with van der Waals surface area (Å²) in [6.07, 6.45) is 5.15. The Hall–Kier alpha value is -3.09. The quantitative estimate of drug-likeness (QED) is 0.688. The van der Waals surface area contributed by atoms with E-state index in [0.29, 0.717) is 6.42 Å². The second-order valence-corrected chi connectivity index (χ2v) is 7.83. The van der Waals surface area contributed by atoms with E-state index in [2.05, 4.69) is 15.0 Å². The molecule has 2 aromatic heterocycles. The normalized spacial score (nSPS) is 22.0. The van der Waals surface area contributed by atoms with Crippen LogP contribution in [0, 0.1) is 6.92 Å². The zero-order valence-electron chi connectivity index (χ0n) is 15.6. The second kappa shape index (κ2) is 5.70. The molecular weight excluding hydrogens is 356 g/mol. The van der Waals surface area contributed by atoms with Crippen molar-refractivity contribution in [2.45, 2.75) is 44.7 Å². The number of aromatic nitrogens is 3. The highest BCUT2D eigenvalue weighted by Gasteiger charge is 2.43. The van der Waals surface area contributed by atoms with Crippen LogP contribution < -0.4 is 9.47 Å². The molecule has 0 unspecified atom stereocenters. The summed E-state index contributed by atoms with van der Waals surface area (Å²) in [5.41, 5.74) is 5.15.